The van der Waals surface area contributed by atoms with Gasteiger partial charge in [0.25, 0.3) is 0 Å². The maximum atomic E-state index is 12.4. The molecule has 0 bridgehead atoms. The number of rotatable bonds is 6. The zero-order valence-corrected chi connectivity index (χ0v) is 14.9. The van der Waals surface area contributed by atoms with Gasteiger partial charge in [-0.3, -0.25) is 9.48 Å². The molecule has 0 saturated heterocycles. The molecule has 1 fully saturated rings. The Balaban J connectivity index is 2.00. The van der Waals surface area contributed by atoms with E-state index < -0.39 is 0 Å². The topological polar surface area (TPSA) is 34.9 Å². The van der Waals surface area contributed by atoms with Gasteiger partial charge in [0.15, 0.2) is 0 Å². The van der Waals surface area contributed by atoms with Gasteiger partial charge in [-0.15, -0.1) is 0 Å². The second kappa shape index (κ2) is 8.11. The van der Waals surface area contributed by atoms with E-state index in [-0.39, 0.29) is 0 Å². The second-order valence-electron chi connectivity index (χ2n) is 6.15. The normalized spacial score (nSPS) is 16.9. The molecule has 0 aliphatic heterocycles. The van der Waals surface area contributed by atoms with Crippen molar-refractivity contribution in [1.82, 2.24) is 9.78 Å². The number of hydrogen-bond acceptors (Lipinski definition) is 2. The molecule has 0 unspecified atom stereocenters. The number of aryl methyl sites for hydroxylation is 2. The molecule has 1 aliphatic carbocycles. The van der Waals surface area contributed by atoms with Gasteiger partial charge in [-0.25, -0.2) is 0 Å². The van der Waals surface area contributed by atoms with Gasteiger partial charge in [0.05, 0.1) is 15.9 Å². The number of aromatic nitrogens is 2. The summed E-state index contributed by atoms with van der Waals surface area (Å²) in [4.78, 5) is 12.4. The van der Waals surface area contributed by atoms with Crippen molar-refractivity contribution in [2.24, 2.45) is 5.92 Å². The third-order valence-electron chi connectivity index (χ3n) is 4.55. The van der Waals surface area contributed by atoms with Crippen molar-refractivity contribution in [2.45, 2.75) is 78.2 Å². The van der Waals surface area contributed by atoms with Crippen LogP contribution in [-0.2, 0) is 24.2 Å². The van der Waals surface area contributed by atoms with Crippen LogP contribution in [0.2, 0.25) is 0 Å². The summed E-state index contributed by atoms with van der Waals surface area (Å²) in [5.41, 5.74) is 2.13. The van der Waals surface area contributed by atoms with Crippen molar-refractivity contribution in [3.63, 3.8) is 0 Å². The van der Waals surface area contributed by atoms with Crippen molar-refractivity contribution in [3.8, 4) is 0 Å². The van der Waals surface area contributed by atoms with Crippen molar-refractivity contribution in [3.05, 3.63) is 15.9 Å². The predicted molar refractivity (Wildman–Crippen MR) is 89.5 cm³/mol. The minimum atomic E-state index is 0.375. The SMILES string of the molecule is CCc1nn(CC)c(CC(=O)CC2CCCCCC2)c1Br. The van der Waals surface area contributed by atoms with E-state index in [1.807, 2.05) is 4.68 Å². The number of halogens is 1. The summed E-state index contributed by atoms with van der Waals surface area (Å²) in [6.07, 6.45) is 9.94. The van der Waals surface area contributed by atoms with Gasteiger partial charge >= 0.3 is 0 Å². The lowest BCUT2D eigenvalue weighted by Crippen LogP contribution is -2.13. The van der Waals surface area contributed by atoms with Crippen LogP contribution < -0.4 is 0 Å². The lowest BCUT2D eigenvalue weighted by molar-refractivity contribution is -0.119. The van der Waals surface area contributed by atoms with Crippen molar-refractivity contribution in [1.29, 1.82) is 0 Å². The van der Waals surface area contributed by atoms with E-state index in [2.05, 4.69) is 34.9 Å². The standard InChI is InChI=1S/C17H27BrN2O/c1-3-15-17(18)16(20(4-2)19-15)12-14(21)11-13-9-7-5-6-8-10-13/h13H,3-12H2,1-2H3. The minimum absolute atomic E-state index is 0.375. The summed E-state index contributed by atoms with van der Waals surface area (Å²) in [6, 6.07) is 0. The zero-order chi connectivity index (χ0) is 15.2. The van der Waals surface area contributed by atoms with E-state index in [9.17, 15) is 4.79 Å². The first-order valence-corrected chi connectivity index (χ1v) is 9.20. The highest BCUT2D eigenvalue weighted by Gasteiger charge is 2.20. The number of carbonyl (C=O) groups excluding carboxylic acids is 1. The zero-order valence-electron chi connectivity index (χ0n) is 13.3. The van der Waals surface area contributed by atoms with Crippen molar-refractivity contribution >= 4 is 21.7 Å². The Kier molecular flexibility index (Phi) is 6.46. The van der Waals surface area contributed by atoms with Crippen molar-refractivity contribution in [2.75, 3.05) is 0 Å². The molecule has 0 atom stereocenters. The van der Waals surface area contributed by atoms with E-state index in [0.29, 0.717) is 18.1 Å². The maximum Gasteiger partial charge on any atom is 0.139 e. The van der Waals surface area contributed by atoms with Gasteiger partial charge in [-0.2, -0.15) is 5.10 Å². The van der Waals surface area contributed by atoms with Crippen molar-refractivity contribution < 1.29 is 4.79 Å². The predicted octanol–water partition coefficient (Wildman–Crippen LogP) is 4.70. The molecule has 0 amide bonds. The fourth-order valence-electron chi connectivity index (χ4n) is 3.34. The van der Waals surface area contributed by atoms with Crippen LogP contribution in [0.1, 0.15) is 70.2 Å². The van der Waals surface area contributed by atoms with Crippen LogP contribution in [-0.4, -0.2) is 15.6 Å². The molecule has 2 rings (SSSR count). The molecular formula is C17H27BrN2O. The highest BCUT2D eigenvalue weighted by molar-refractivity contribution is 9.10. The number of ketones is 1. The van der Waals surface area contributed by atoms with E-state index in [1.54, 1.807) is 0 Å². The maximum absolute atomic E-state index is 12.4. The molecule has 1 heterocycles. The molecule has 0 radical (unpaired) electrons. The molecule has 1 aromatic rings. The molecule has 1 aromatic heterocycles. The smallest absolute Gasteiger partial charge is 0.139 e. The average Bonchev–Trinajstić information content (AvgIpc) is 2.66. The Morgan fingerprint density at radius 3 is 2.48 bits per heavy atom. The molecule has 118 valence electrons. The van der Waals surface area contributed by atoms with Crippen LogP contribution in [0.15, 0.2) is 4.47 Å². The van der Waals surface area contributed by atoms with E-state index >= 15 is 0 Å². The van der Waals surface area contributed by atoms with Crippen LogP contribution >= 0.6 is 15.9 Å². The number of nitrogens with zero attached hydrogens (tertiary/aromatic N) is 2. The number of Topliss-reactive ketones (excluding diaryl/α,β-unsaturated/α-hetero) is 1. The first-order valence-electron chi connectivity index (χ1n) is 8.41. The van der Waals surface area contributed by atoms with Gasteiger partial charge in [-0.05, 0) is 35.2 Å². The van der Waals surface area contributed by atoms with Crippen LogP contribution in [0.3, 0.4) is 0 Å². The molecular weight excluding hydrogens is 328 g/mol. The first-order chi connectivity index (χ1) is 10.2. The second-order valence-corrected chi connectivity index (χ2v) is 6.95. The largest absolute Gasteiger partial charge is 0.299 e. The molecule has 1 aliphatic rings. The Hall–Kier alpha value is -0.640. The summed E-state index contributed by atoms with van der Waals surface area (Å²) in [5, 5.41) is 4.58. The van der Waals surface area contributed by atoms with Crippen LogP contribution in [0, 0.1) is 5.92 Å². The lowest BCUT2D eigenvalue weighted by atomic mass is 9.93. The molecule has 3 nitrogen and oxygen atoms in total. The van der Waals surface area contributed by atoms with Gasteiger partial charge in [-0.1, -0.05) is 45.4 Å². The first kappa shape index (κ1) is 16.7. The van der Waals surface area contributed by atoms with Crippen LogP contribution in [0.4, 0.5) is 0 Å². The summed E-state index contributed by atoms with van der Waals surface area (Å²) >= 11 is 3.63. The van der Waals surface area contributed by atoms with Gasteiger partial charge < -0.3 is 0 Å². The minimum Gasteiger partial charge on any atom is -0.299 e. The average molecular weight is 355 g/mol. The number of hydrogen-bond donors (Lipinski definition) is 0. The molecule has 0 spiro atoms. The Morgan fingerprint density at radius 1 is 1.24 bits per heavy atom. The molecule has 4 heteroatoms. The summed E-state index contributed by atoms with van der Waals surface area (Å²) in [7, 11) is 0. The summed E-state index contributed by atoms with van der Waals surface area (Å²) < 4.78 is 3.02. The highest BCUT2D eigenvalue weighted by Crippen LogP contribution is 2.27. The Morgan fingerprint density at radius 2 is 1.90 bits per heavy atom. The molecule has 0 N–H and O–H groups in total. The van der Waals surface area contributed by atoms with Crippen LogP contribution in [0.5, 0.6) is 0 Å². The Labute approximate surface area is 136 Å². The van der Waals surface area contributed by atoms with E-state index in [0.717, 1.165) is 35.2 Å². The highest BCUT2D eigenvalue weighted by atomic mass is 79.9. The molecule has 1 saturated carbocycles. The van der Waals surface area contributed by atoms with E-state index in [4.69, 9.17) is 0 Å². The fourth-order valence-corrected chi connectivity index (χ4v) is 4.04. The summed E-state index contributed by atoms with van der Waals surface area (Å²) in [6.45, 7) is 5.01. The van der Waals surface area contributed by atoms with E-state index in [1.165, 1.54) is 38.5 Å². The van der Waals surface area contributed by atoms with Gasteiger partial charge in [0.1, 0.15) is 5.78 Å². The number of carbonyl (C=O) groups is 1. The molecule has 21 heavy (non-hydrogen) atoms. The van der Waals surface area contributed by atoms with Crippen LogP contribution in [0.25, 0.3) is 0 Å². The Bertz CT molecular complexity index is 473. The quantitative estimate of drug-likeness (QED) is 0.694. The van der Waals surface area contributed by atoms with Gasteiger partial charge in [0.2, 0.25) is 0 Å². The lowest BCUT2D eigenvalue weighted by Gasteiger charge is -2.13. The van der Waals surface area contributed by atoms with Gasteiger partial charge in [0, 0.05) is 19.4 Å². The monoisotopic (exact) mass is 354 g/mol. The third kappa shape index (κ3) is 4.41. The fraction of sp³-hybridized carbons (Fsp3) is 0.765. The summed E-state index contributed by atoms with van der Waals surface area (Å²) in [5.74, 6) is 0.988. The molecule has 0 aromatic carbocycles. The third-order valence-corrected chi connectivity index (χ3v) is 5.47.